The highest BCUT2D eigenvalue weighted by Gasteiger charge is 2.36. The molecular weight excluding hydrogens is 293 g/mol. The molecule has 0 bridgehead atoms. The Morgan fingerprint density at radius 1 is 1.44 bits per heavy atom. The van der Waals surface area contributed by atoms with Gasteiger partial charge in [0.1, 0.15) is 5.82 Å². The fraction of sp³-hybridized carbons (Fsp3) is 0.600. The molecule has 3 heteroatoms. The maximum atomic E-state index is 13.3. The van der Waals surface area contributed by atoms with Crippen LogP contribution in [-0.2, 0) is 6.42 Å². The summed E-state index contributed by atoms with van der Waals surface area (Å²) in [5.41, 5.74) is 7.46. The number of hydrogen-bond acceptors (Lipinski definition) is 1. The summed E-state index contributed by atoms with van der Waals surface area (Å²) in [4.78, 5) is 0. The maximum Gasteiger partial charge on any atom is 0.123 e. The molecule has 18 heavy (non-hydrogen) atoms. The monoisotopic (exact) mass is 313 g/mol. The predicted molar refractivity (Wildman–Crippen MR) is 77.0 cm³/mol. The first-order valence-electron chi connectivity index (χ1n) is 6.78. The second kappa shape index (κ2) is 5.70. The van der Waals surface area contributed by atoms with Gasteiger partial charge in [-0.2, -0.15) is 0 Å². The first kappa shape index (κ1) is 14.0. The van der Waals surface area contributed by atoms with E-state index in [0.29, 0.717) is 5.92 Å². The number of hydrogen-bond donors (Lipinski definition) is 1. The van der Waals surface area contributed by atoms with E-state index in [2.05, 4.69) is 22.9 Å². The molecule has 2 atom stereocenters. The first-order chi connectivity index (χ1) is 8.55. The SMILES string of the molecule is CCC1CCCCC1(N)Cc1cc(F)ccc1Br. The Bertz CT molecular complexity index is 421. The average Bonchev–Trinajstić information content (AvgIpc) is 2.34. The van der Waals surface area contributed by atoms with Gasteiger partial charge in [0.05, 0.1) is 0 Å². The summed E-state index contributed by atoms with van der Waals surface area (Å²) in [7, 11) is 0. The smallest absolute Gasteiger partial charge is 0.123 e. The fourth-order valence-corrected chi connectivity index (χ4v) is 3.60. The lowest BCUT2D eigenvalue weighted by Crippen LogP contribution is -2.50. The molecule has 0 aromatic heterocycles. The van der Waals surface area contributed by atoms with Crippen molar-refractivity contribution in [1.82, 2.24) is 0 Å². The molecule has 0 amide bonds. The summed E-state index contributed by atoms with van der Waals surface area (Å²) < 4.78 is 14.3. The molecule has 2 unspecified atom stereocenters. The number of benzene rings is 1. The first-order valence-corrected chi connectivity index (χ1v) is 7.57. The van der Waals surface area contributed by atoms with Crippen LogP contribution in [0, 0.1) is 11.7 Å². The Morgan fingerprint density at radius 3 is 2.94 bits per heavy atom. The molecule has 1 fully saturated rings. The van der Waals surface area contributed by atoms with Crippen LogP contribution in [0.2, 0.25) is 0 Å². The average molecular weight is 314 g/mol. The van der Waals surface area contributed by atoms with Gasteiger partial charge in [-0.05, 0) is 48.9 Å². The molecule has 100 valence electrons. The van der Waals surface area contributed by atoms with Gasteiger partial charge in [-0.1, -0.05) is 42.1 Å². The second-order valence-electron chi connectivity index (χ2n) is 5.50. The molecule has 1 aromatic carbocycles. The molecule has 1 aliphatic rings. The topological polar surface area (TPSA) is 26.0 Å². The van der Waals surface area contributed by atoms with Crippen LogP contribution in [0.5, 0.6) is 0 Å². The van der Waals surface area contributed by atoms with Gasteiger partial charge in [0, 0.05) is 10.0 Å². The fourth-order valence-electron chi connectivity index (χ4n) is 3.21. The number of nitrogens with two attached hydrogens (primary N) is 1. The van der Waals surface area contributed by atoms with Crippen LogP contribution in [0.15, 0.2) is 22.7 Å². The highest BCUT2D eigenvalue weighted by Crippen LogP contribution is 2.37. The van der Waals surface area contributed by atoms with E-state index in [9.17, 15) is 4.39 Å². The van der Waals surface area contributed by atoms with Crippen molar-refractivity contribution in [2.75, 3.05) is 0 Å². The Hall–Kier alpha value is -0.410. The molecular formula is C15H21BrFN. The third-order valence-corrected chi connectivity index (χ3v) is 5.05. The highest BCUT2D eigenvalue weighted by atomic mass is 79.9. The van der Waals surface area contributed by atoms with Gasteiger partial charge in [0.2, 0.25) is 0 Å². The van der Waals surface area contributed by atoms with Crippen molar-refractivity contribution in [3.63, 3.8) is 0 Å². The van der Waals surface area contributed by atoms with E-state index >= 15 is 0 Å². The Morgan fingerprint density at radius 2 is 2.22 bits per heavy atom. The molecule has 2 N–H and O–H groups in total. The Balaban J connectivity index is 2.22. The standard InChI is InChI=1S/C15H21BrFN/c1-2-12-5-3-4-8-15(12,18)10-11-9-13(17)6-7-14(11)16/h6-7,9,12H,2-5,8,10,18H2,1H3. The van der Waals surface area contributed by atoms with Gasteiger partial charge in [-0.3, -0.25) is 0 Å². The van der Waals surface area contributed by atoms with E-state index in [0.717, 1.165) is 29.3 Å². The summed E-state index contributed by atoms with van der Waals surface area (Å²) in [6.07, 6.45) is 6.61. The van der Waals surface area contributed by atoms with Crippen LogP contribution in [-0.4, -0.2) is 5.54 Å². The van der Waals surface area contributed by atoms with Gasteiger partial charge in [-0.25, -0.2) is 4.39 Å². The zero-order chi connectivity index (χ0) is 13.2. The van der Waals surface area contributed by atoms with Crippen molar-refractivity contribution in [2.24, 2.45) is 11.7 Å². The van der Waals surface area contributed by atoms with E-state index < -0.39 is 0 Å². The summed E-state index contributed by atoms with van der Waals surface area (Å²) in [6, 6.07) is 4.87. The van der Waals surface area contributed by atoms with Crippen molar-refractivity contribution in [3.8, 4) is 0 Å². The van der Waals surface area contributed by atoms with Crippen LogP contribution >= 0.6 is 15.9 Å². The molecule has 2 rings (SSSR count). The van der Waals surface area contributed by atoms with Crippen LogP contribution < -0.4 is 5.73 Å². The van der Waals surface area contributed by atoms with Crippen molar-refractivity contribution in [3.05, 3.63) is 34.1 Å². The third kappa shape index (κ3) is 2.94. The number of halogens is 2. The summed E-state index contributed by atoms with van der Waals surface area (Å²) in [5.74, 6) is 0.377. The largest absolute Gasteiger partial charge is 0.325 e. The second-order valence-corrected chi connectivity index (χ2v) is 6.35. The minimum absolute atomic E-state index is 0.163. The van der Waals surface area contributed by atoms with E-state index in [-0.39, 0.29) is 11.4 Å². The number of rotatable bonds is 3. The quantitative estimate of drug-likeness (QED) is 0.877. The minimum Gasteiger partial charge on any atom is -0.325 e. The van der Waals surface area contributed by atoms with Gasteiger partial charge >= 0.3 is 0 Å². The van der Waals surface area contributed by atoms with E-state index in [4.69, 9.17) is 5.73 Å². The highest BCUT2D eigenvalue weighted by molar-refractivity contribution is 9.10. The van der Waals surface area contributed by atoms with Gasteiger partial charge in [0.25, 0.3) is 0 Å². The van der Waals surface area contributed by atoms with Crippen molar-refractivity contribution >= 4 is 15.9 Å². The molecule has 0 saturated heterocycles. The Labute approximate surface area is 117 Å². The minimum atomic E-state index is -0.180. The zero-order valence-corrected chi connectivity index (χ0v) is 12.5. The van der Waals surface area contributed by atoms with Crippen molar-refractivity contribution < 1.29 is 4.39 Å². The Kier molecular flexibility index (Phi) is 4.44. The lowest BCUT2D eigenvalue weighted by molar-refractivity contribution is 0.182. The molecule has 0 aliphatic heterocycles. The van der Waals surface area contributed by atoms with E-state index in [1.165, 1.54) is 25.3 Å². The van der Waals surface area contributed by atoms with Crippen LogP contribution in [0.4, 0.5) is 4.39 Å². The lowest BCUT2D eigenvalue weighted by Gasteiger charge is -2.41. The third-order valence-electron chi connectivity index (χ3n) is 4.28. The van der Waals surface area contributed by atoms with Crippen LogP contribution in [0.1, 0.15) is 44.6 Å². The molecule has 1 aromatic rings. The van der Waals surface area contributed by atoms with Crippen molar-refractivity contribution in [2.45, 2.75) is 51.0 Å². The van der Waals surface area contributed by atoms with Crippen LogP contribution in [0.25, 0.3) is 0 Å². The van der Waals surface area contributed by atoms with Gasteiger partial charge < -0.3 is 5.73 Å². The molecule has 0 heterocycles. The van der Waals surface area contributed by atoms with Crippen molar-refractivity contribution in [1.29, 1.82) is 0 Å². The van der Waals surface area contributed by atoms with E-state index in [1.807, 2.05) is 0 Å². The molecule has 1 saturated carbocycles. The summed E-state index contributed by atoms with van der Waals surface area (Å²) >= 11 is 3.50. The summed E-state index contributed by atoms with van der Waals surface area (Å²) in [6.45, 7) is 2.21. The zero-order valence-electron chi connectivity index (χ0n) is 10.9. The summed E-state index contributed by atoms with van der Waals surface area (Å²) in [5, 5.41) is 0. The van der Waals surface area contributed by atoms with Gasteiger partial charge in [-0.15, -0.1) is 0 Å². The lowest BCUT2D eigenvalue weighted by atomic mass is 9.69. The molecule has 1 nitrogen and oxygen atoms in total. The molecule has 1 aliphatic carbocycles. The molecule has 0 radical (unpaired) electrons. The predicted octanol–water partition coefficient (Wildman–Crippen LogP) is 4.43. The van der Waals surface area contributed by atoms with Crippen LogP contribution in [0.3, 0.4) is 0 Å². The normalized spacial score (nSPS) is 28.3. The van der Waals surface area contributed by atoms with E-state index in [1.54, 1.807) is 12.1 Å². The maximum absolute atomic E-state index is 13.3. The van der Waals surface area contributed by atoms with Gasteiger partial charge in [0.15, 0.2) is 0 Å². The molecule has 0 spiro atoms.